The molecule has 1 heterocycles. The Morgan fingerprint density at radius 3 is 2.60 bits per heavy atom. The number of nitrogens with two attached hydrogens (primary N) is 1. The lowest BCUT2D eigenvalue weighted by atomic mass is 10.1. The average molecular weight is 279 g/mol. The first-order chi connectivity index (χ1) is 9.30. The van der Waals surface area contributed by atoms with Crippen molar-refractivity contribution in [3.8, 4) is 11.9 Å². The highest BCUT2D eigenvalue weighted by atomic mass is 16.5. The van der Waals surface area contributed by atoms with Gasteiger partial charge in [-0.15, -0.1) is 0 Å². The Bertz CT molecular complexity index is 484. The fourth-order valence-corrected chi connectivity index (χ4v) is 1.85. The van der Waals surface area contributed by atoms with Crippen LogP contribution in [0.4, 0.5) is 5.69 Å². The number of nitriles is 1. The number of methoxy groups -OCH3 is 1. The standard InChI is InChI=1S/C15H25N3O2/c1-11(2)10-18-12(9-16)8-13(17)14(18)20-7-6-15(3,4)19-5/h8,11H,6-7,10,17H2,1-5H3. The number of ether oxygens (including phenoxy) is 2. The van der Waals surface area contributed by atoms with Crippen molar-refractivity contribution in [1.82, 2.24) is 4.57 Å². The number of anilines is 1. The van der Waals surface area contributed by atoms with Gasteiger partial charge in [0.25, 0.3) is 0 Å². The van der Waals surface area contributed by atoms with Crippen LogP contribution < -0.4 is 10.5 Å². The Balaban J connectivity index is 2.84. The Labute approximate surface area is 121 Å². The number of hydrogen-bond acceptors (Lipinski definition) is 4. The molecule has 0 bridgehead atoms. The summed E-state index contributed by atoms with van der Waals surface area (Å²) in [5, 5.41) is 9.16. The number of hydrogen-bond donors (Lipinski definition) is 1. The Morgan fingerprint density at radius 1 is 1.45 bits per heavy atom. The van der Waals surface area contributed by atoms with Gasteiger partial charge in [-0.3, -0.25) is 0 Å². The maximum atomic E-state index is 9.16. The Hall–Kier alpha value is -1.67. The van der Waals surface area contributed by atoms with Crippen molar-refractivity contribution in [2.75, 3.05) is 19.5 Å². The molecule has 0 aliphatic rings. The van der Waals surface area contributed by atoms with Gasteiger partial charge in [-0.2, -0.15) is 5.26 Å². The van der Waals surface area contributed by atoms with E-state index in [-0.39, 0.29) is 5.60 Å². The summed E-state index contributed by atoms with van der Waals surface area (Å²) in [6.45, 7) is 9.41. The quantitative estimate of drug-likeness (QED) is 0.833. The van der Waals surface area contributed by atoms with Crippen LogP contribution >= 0.6 is 0 Å². The van der Waals surface area contributed by atoms with Crippen LogP contribution in [0.15, 0.2) is 6.07 Å². The van der Waals surface area contributed by atoms with Crippen molar-refractivity contribution in [3.63, 3.8) is 0 Å². The van der Waals surface area contributed by atoms with Crippen molar-refractivity contribution >= 4 is 5.69 Å². The van der Waals surface area contributed by atoms with Crippen LogP contribution in [-0.4, -0.2) is 23.9 Å². The molecule has 0 atom stereocenters. The molecule has 1 aromatic heterocycles. The van der Waals surface area contributed by atoms with Crippen molar-refractivity contribution in [3.05, 3.63) is 11.8 Å². The SMILES string of the molecule is COC(C)(C)CCOc1c(N)cc(C#N)n1CC(C)C. The maximum absolute atomic E-state index is 9.16. The van der Waals surface area contributed by atoms with Gasteiger partial charge in [0.15, 0.2) is 0 Å². The second-order valence-corrected chi connectivity index (χ2v) is 5.97. The van der Waals surface area contributed by atoms with Crippen molar-refractivity contribution in [2.24, 2.45) is 5.92 Å². The van der Waals surface area contributed by atoms with Crippen LogP contribution in [0.2, 0.25) is 0 Å². The molecule has 0 fully saturated rings. The normalized spacial score (nSPS) is 11.7. The smallest absolute Gasteiger partial charge is 0.218 e. The van der Waals surface area contributed by atoms with Gasteiger partial charge in [-0.05, 0) is 19.8 Å². The molecule has 1 rings (SSSR count). The van der Waals surface area contributed by atoms with Crippen LogP contribution in [0.5, 0.6) is 5.88 Å². The lowest BCUT2D eigenvalue weighted by Crippen LogP contribution is -2.25. The van der Waals surface area contributed by atoms with E-state index in [2.05, 4.69) is 19.9 Å². The summed E-state index contributed by atoms with van der Waals surface area (Å²) in [4.78, 5) is 0. The first kappa shape index (κ1) is 16.4. The van der Waals surface area contributed by atoms with E-state index < -0.39 is 0 Å². The van der Waals surface area contributed by atoms with Gasteiger partial charge >= 0.3 is 0 Å². The van der Waals surface area contributed by atoms with Crippen molar-refractivity contribution in [1.29, 1.82) is 5.26 Å². The summed E-state index contributed by atoms with van der Waals surface area (Å²) in [7, 11) is 1.68. The minimum atomic E-state index is -0.234. The zero-order chi connectivity index (χ0) is 15.3. The molecule has 112 valence electrons. The van der Waals surface area contributed by atoms with Gasteiger partial charge in [0.05, 0.1) is 17.9 Å². The van der Waals surface area contributed by atoms with E-state index in [1.54, 1.807) is 13.2 Å². The molecule has 1 aromatic rings. The van der Waals surface area contributed by atoms with Gasteiger partial charge < -0.3 is 19.8 Å². The summed E-state index contributed by atoms with van der Waals surface area (Å²) < 4.78 is 13.0. The first-order valence-corrected chi connectivity index (χ1v) is 6.87. The molecule has 0 spiro atoms. The predicted molar refractivity (Wildman–Crippen MR) is 79.6 cm³/mol. The third kappa shape index (κ3) is 4.17. The highest BCUT2D eigenvalue weighted by Gasteiger charge is 2.19. The molecule has 20 heavy (non-hydrogen) atoms. The molecule has 0 aliphatic carbocycles. The largest absolute Gasteiger partial charge is 0.477 e. The molecule has 5 heteroatoms. The zero-order valence-electron chi connectivity index (χ0n) is 13.1. The average Bonchev–Trinajstić information content (AvgIpc) is 2.66. The summed E-state index contributed by atoms with van der Waals surface area (Å²) in [5.41, 5.74) is 6.76. The van der Waals surface area contributed by atoms with Crippen LogP contribution in [0.1, 0.15) is 39.8 Å². The molecule has 0 aromatic carbocycles. The zero-order valence-corrected chi connectivity index (χ0v) is 13.1. The van der Waals surface area contributed by atoms with Crippen molar-refractivity contribution in [2.45, 2.75) is 46.3 Å². The van der Waals surface area contributed by atoms with Crippen LogP contribution in [0.25, 0.3) is 0 Å². The molecular weight excluding hydrogens is 254 g/mol. The van der Waals surface area contributed by atoms with Gasteiger partial charge in [-0.1, -0.05) is 13.8 Å². The van der Waals surface area contributed by atoms with E-state index in [4.69, 9.17) is 20.5 Å². The Kier molecular flexibility index (Phi) is 5.46. The third-order valence-corrected chi connectivity index (χ3v) is 3.23. The highest BCUT2D eigenvalue weighted by Crippen LogP contribution is 2.28. The number of rotatable bonds is 7. The maximum Gasteiger partial charge on any atom is 0.218 e. The summed E-state index contributed by atoms with van der Waals surface area (Å²) >= 11 is 0. The fraction of sp³-hybridized carbons (Fsp3) is 0.667. The van der Waals surface area contributed by atoms with E-state index in [0.717, 1.165) is 6.42 Å². The molecule has 0 radical (unpaired) electrons. The number of nitrogens with zero attached hydrogens (tertiary/aromatic N) is 2. The highest BCUT2D eigenvalue weighted by molar-refractivity contribution is 5.55. The lowest BCUT2D eigenvalue weighted by Gasteiger charge is -2.23. The molecule has 0 amide bonds. The van der Waals surface area contributed by atoms with Gasteiger partial charge in [0, 0.05) is 26.1 Å². The van der Waals surface area contributed by atoms with E-state index in [9.17, 15) is 0 Å². The third-order valence-electron chi connectivity index (χ3n) is 3.23. The lowest BCUT2D eigenvalue weighted by molar-refractivity contribution is 0.00478. The van der Waals surface area contributed by atoms with Crippen LogP contribution in [0.3, 0.4) is 0 Å². The molecule has 0 aliphatic heterocycles. The minimum Gasteiger partial charge on any atom is -0.477 e. The summed E-state index contributed by atoms with van der Waals surface area (Å²) in [6, 6.07) is 3.82. The topological polar surface area (TPSA) is 73.2 Å². The second-order valence-electron chi connectivity index (χ2n) is 5.97. The van der Waals surface area contributed by atoms with Gasteiger partial charge in [0.1, 0.15) is 11.8 Å². The number of nitrogen functional groups attached to an aromatic ring is 1. The molecule has 0 saturated carbocycles. The van der Waals surface area contributed by atoms with Crippen molar-refractivity contribution < 1.29 is 9.47 Å². The van der Waals surface area contributed by atoms with E-state index in [0.29, 0.717) is 36.3 Å². The fourth-order valence-electron chi connectivity index (χ4n) is 1.85. The summed E-state index contributed by atoms with van der Waals surface area (Å²) in [5.74, 6) is 0.994. The van der Waals surface area contributed by atoms with Gasteiger partial charge in [0.2, 0.25) is 5.88 Å². The predicted octanol–water partition coefficient (Wildman–Crippen LogP) is 2.79. The van der Waals surface area contributed by atoms with E-state index in [1.807, 2.05) is 18.4 Å². The minimum absolute atomic E-state index is 0.234. The van der Waals surface area contributed by atoms with Gasteiger partial charge in [-0.25, -0.2) is 0 Å². The molecule has 2 N–H and O–H groups in total. The monoisotopic (exact) mass is 279 g/mol. The van der Waals surface area contributed by atoms with Crippen LogP contribution in [0, 0.1) is 17.2 Å². The van der Waals surface area contributed by atoms with Crippen LogP contribution in [-0.2, 0) is 11.3 Å². The molecule has 5 nitrogen and oxygen atoms in total. The molecule has 0 saturated heterocycles. The van der Waals surface area contributed by atoms with E-state index >= 15 is 0 Å². The second kappa shape index (κ2) is 6.67. The Morgan fingerprint density at radius 2 is 2.10 bits per heavy atom. The number of aromatic nitrogens is 1. The first-order valence-electron chi connectivity index (χ1n) is 6.87. The molecule has 0 unspecified atom stereocenters. The molecular formula is C15H25N3O2. The van der Waals surface area contributed by atoms with E-state index in [1.165, 1.54) is 0 Å². The summed E-state index contributed by atoms with van der Waals surface area (Å²) in [6.07, 6.45) is 0.748.